The Balaban J connectivity index is 1.96. The van der Waals surface area contributed by atoms with E-state index in [9.17, 15) is 9.59 Å². The minimum absolute atomic E-state index is 0.184. The van der Waals surface area contributed by atoms with Crippen molar-refractivity contribution in [2.24, 2.45) is 4.99 Å². The Morgan fingerprint density at radius 3 is 2.38 bits per heavy atom. The maximum absolute atomic E-state index is 14.1. The van der Waals surface area contributed by atoms with Gasteiger partial charge in [0.1, 0.15) is 5.75 Å². The Morgan fingerprint density at radius 2 is 1.76 bits per heavy atom. The molecule has 0 bridgehead atoms. The molecule has 0 N–H and O–H groups in total. The number of hydrogen-bond acceptors (Lipinski definition) is 9. The number of nitrogens with zero attached hydrogens (tertiary/aromatic N) is 3. The molecule has 1 atom stereocenters. The average molecular weight is 659 g/mol. The molecule has 0 unspecified atom stereocenters. The molecule has 11 heteroatoms. The molecular formula is C31H36BrN3O6S. The number of methoxy groups -OCH3 is 2. The second kappa shape index (κ2) is 13.6. The van der Waals surface area contributed by atoms with Gasteiger partial charge in [-0.15, -0.1) is 0 Å². The fourth-order valence-corrected chi connectivity index (χ4v) is 6.60. The molecule has 0 radical (unpaired) electrons. The van der Waals surface area contributed by atoms with Crippen LogP contribution in [-0.2, 0) is 9.53 Å². The van der Waals surface area contributed by atoms with Crippen LogP contribution in [0.3, 0.4) is 0 Å². The van der Waals surface area contributed by atoms with E-state index < -0.39 is 12.0 Å². The van der Waals surface area contributed by atoms with Gasteiger partial charge in [-0.05, 0) is 70.5 Å². The number of rotatable bonds is 11. The molecule has 224 valence electrons. The number of hydrogen-bond donors (Lipinski definition) is 0. The van der Waals surface area contributed by atoms with Gasteiger partial charge in [-0.1, -0.05) is 27.3 Å². The summed E-state index contributed by atoms with van der Waals surface area (Å²) < 4.78 is 25.2. The van der Waals surface area contributed by atoms with Crippen molar-refractivity contribution in [1.29, 1.82) is 0 Å². The summed E-state index contributed by atoms with van der Waals surface area (Å²) in [5, 5.41) is 0. The van der Waals surface area contributed by atoms with Gasteiger partial charge < -0.3 is 23.8 Å². The van der Waals surface area contributed by atoms with E-state index in [0.29, 0.717) is 48.9 Å². The number of carbonyl (C=O) groups excluding carboxylic acids is 1. The van der Waals surface area contributed by atoms with Crippen LogP contribution in [0.2, 0.25) is 0 Å². The van der Waals surface area contributed by atoms with Gasteiger partial charge >= 0.3 is 5.97 Å². The lowest BCUT2D eigenvalue weighted by atomic mass is 9.95. The summed E-state index contributed by atoms with van der Waals surface area (Å²) in [6.45, 7) is 12.0. The van der Waals surface area contributed by atoms with E-state index in [2.05, 4.69) is 39.7 Å². The maximum atomic E-state index is 14.1. The van der Waals surface area contributed by atoms with Gasteiger partial charge in [0.2, 0.25) is 0 Å². The van der Waals surface area contributed by atoms with Crippen molar-refractivity contribution in [3.8, 4) is 17.2 Å². The normalized spacial score (nSPS) is 14.8. The lowest BCUT2D eigenvalue weighted by Crippen LogP contribution is -2.40. The van der Waals surface area contributed by atoms with Crippen molar-refractivity contribution in [1.82, 2.24) is 4.57 Å². The number of anilines is 1. The van der Waals surface area contributed by atoms with Crippen molar-refractivity contribution < 1.29 is 23.7 Å². The number of halogens is 1. The molecular weight excluding hydrogens is 622 g/mol. The molecule has 1 aliphatic rings. The lowest BCUT2D eigenvalue weighted by Gasteiger charge is -2.26. The summed E-state index contributed by atoms with van der Waals surface area (Å²) in [5.41, 5.74) is 2.92. The summed E-state index contributed by atoms with van der Waals surface area (Å²) in [7, 11) is 3.17. The molecule has 0 aliphatic carbocycles. The van der Waals surface area contributed by atoms with E-state index in [0.717, 1.165) is 24.3 Å². The van der Waals surface area contributed by atoms with E-state index >= 15 is 0 Å². The molecule has 0 saturated heterocycles. The van der Waals surface area contributed by atoms with Crippen LogP contribution < -0.4 is 34.0 Å². The average Bonchev–Trinajstić information content (AvgIpc) is 3.28. The zero-order valence-electron chi connectivity index (χ0n) is 24.9. The molecule has 0 spiro atoms. The van der Waals surface area contributed by atoms with Crippen molar-refractivity contribution in [3.63, 3.8) is 0 Å². The fraction of sp³-hybridized carbons (Fsp3) is 0.387. The standard InChI is InChI=1S/C31H36BrN3O6S/c1-8-34(9-2)20-13-12-19(23(15-20)38-6)14-26-29(36)35-28(21-16-24(39-7)25(40-10-3)17-22(21)32)27(30(37)41-11-4)18(5)33-31(35)42-26/h12-17,28H,8-11H2,1-7H3/b26-14+/t28-/m0/s1. The highest BCUT2D eigenvalue weighted by atomic mass is 79.9. The van der Waals surface area contributed by atoms with Crippen LogP contribution in [-0.4, -0.2) is 51.1 Å². The Kier molecular flexibility index (Phi) is 10.2. The van der Waals surface area contributed by atoms with Crippen molar-refractivity contribution in [2.45, 2.75) is 40.7 Å². The van der Waals surface area contributed by atoms with E-state index in [-0.39, 0.29) is 17.7 Å². The maximum Gasteiger partial charge on any atom is 0.338 e. The molecule has 1 aromatic heterocycles. The summed E-state index contributed by atoms with van der Waals surface area (Å²) in [4.78, 5) is 34.8. The second-order valence-corrected chi connectivity index (χ2v) is 11.2. The predicted molar refractivity (Wildman–Crippen MR) is 169 cm³/mol. The Bertz CT molecular complexity index is 1690. The first-order valence-corrected chi connectivity index (χ1v) is 15.5. The van der Waals surface area contributed by atoms with Gasteiger partial charge in [-0.25, -0.2) is 9.79 Å². The van der Waals surface area contributed by atoms with Crippen LogP contribution >= 0.6 is 27.3 Å². The molecule has 9 nitrogen and oxygen atoms in total. The van der Waals surface area contributed by atoms with Gasteiger partial charge in [-0.3, -0.25) is 9.36 Å². The van der Waals surface area contributed by atoms with E-state index in [1.807, 2.05) is 31.2 Å². The van der Waals surface area contributed by atoms with Crippen LogP contribution in [0.4, 0.5) is 5.69 Å². The topological polar surface area (TPSA) is 91.6 Å². The van der Waals surface area contributed by atoms with Crippen LogP contribution in [0, 0.1) is 0 Å². The van der Waals surface area contributed by atoms with Gasteiger partial charge in [0.15, 0.2) is 16.3 Å². The number of benzene rings is 2. The minimum atomic E-state index is -0.812. The zero-order valence-corrected chi connectivity index (χ0v) is 27.3. The molecule has 2 aromatic carbocycles. The number of aromatic nitrogens is 1. The number of carbonyl (C=O) groups is 1. The summed E-state index contributed by atoms with van der Waals surface area (Å²) in [6.07, 6.45) is 1.81. The fourth-order valence-electron chi connectivity index (χ4n) is 5.02. The molecule has 42 heavy (non-hydrogen) atoms. The first-order valence-electron chi connectivity index (χ1n) is 13.9. The monoisotopic (exact) mass is 657 g/mol. The van der Waals surface area contributed by atoms with Gasteiger partial charge in [0.25, 0.3) is 5.56 Å². The van der Waals surface area contributed by atoms with Crippen molar-refractivity contribution in [3.05, 3.63) is 76.9 Å². The highest BCUT2D eigenvalue weighted by Crippen LogP contribution is 2.41. The molecule has 1 aliphatic heterocycles. The Labute approximate surface area is 257 Å². The number of thiazole rings is 1. The number of allylic oxidation sites excluding steroid dienone is 1. The van der Waals surface area contributed by atoms with Crippen LogP contribution in [0.1, 0.15) is 51.8 Å². The zero-order chi connectivity index (χ0) is 30.6. The molecule has 0 saturated carbocycles. The SMILES string of the molecule is CCOC(=O)C1=C(C)N=c2s/c(=C/c3ccc(N(CC)CC)cc3OC)c(=O)n2[C@H]1c1cc(OC)c(OCC)cc1Br. The smallest absolute Gasteiger partial charge is 0.338 e. The largest absolute Gasteiger partial charge is 0.496 e. The summed E-state index contributed by atoms with van der Waals surface area (Å²) in [5.74, 6) is 1.14. The highest BCUT2D eigenvalue weighted by Gasteiger charge is 2.35. The predicted octanol–water partition coefficient (Wildman–Crippen LogP) is 4.82. The third-order valence-corrected chi connectivity index (χ3v) is 8.70. The lowest BCUT2D eigenvalue weighted by molar-refractivity contribution is -0.139. The summed E-state index contributed by atoms with van der Waals surface area (Å²) >= 11 is 4.91. The van der Waals surface area contributed by atoms with E-state index in [1.165, 1.54) is 11.3 Å². The van der Waals surface area contributed by atoms with Gasteiger partial charge in [0.05, 0.1) is 49.3 Å². The third-order valence-electron chi connectivity index (χ3n) is 7.03. The third kappa shape index (κ3) is 5.98. The van der Waals surface area contributed by atoms with Gasteiger partial charge in [-0.2, -0.15) is 0 Å². The van der Waals surface area contributed by atoms with E-state index in [1.54, 1.807) is 44.8 Å². The van der Waals surface area contributed by atoms with Crippen molar-refractivity contribution >= 4 is 45.0 Å². The molecule has 0 amide bonds. The molecule has 0 fully saturated rings. The first kappa shape index (κ1) is 31.4. The van der Waals surface area contributed by atoms with Gasteiger partial charge in [0, 0.05) is 34.9 Å². The highest BCUT2D eigenvalue weighted by molar-refractivity contribution is 9.10. The number of ether oxygens (including phenoxy) is 4. The molecule has 3 aromatic rings. The molecule has 4 rings (SSSR count). The van der Waals surface area contributed by atoms with Crippen LogP contribution in [0.25, 0.3) is 6.08 Å². The minimum Gasteiger partial charge on any atom is -0.496 e. The Morgan fingerprint density at radius 1 is 1.05 bits per heavy atom. The summed E-state index contributed by atoms with van der Waals surface area (Å²) in [6, 6.07) is 8.70. The molecule has 2 heterocycles. The van der Waals surface area contributed by atoms with Crippen LogP contribution in [0.5, 0.6) is 17.2 Å². The van der Waals surface area contributed by atoms with Crippen LogP contribution in [0.15, 0.2) is 55.9 Å². The van der Waals surface area contributed by atoms with E-state index in [4.69, 9.17) is 18.9 Å². The van der Waals surface area contributed by atoms with Crippen molar-refractivity contribution in [2.75, 3.05) is 45.4 Å². The second-order valence-electron chi connectivity index (χ2n) is 9.36. The Hall–Kier alpha value is -3.57. The number of esters is 1. The number of fused-ring (bicyclic) bond motifs is 1. The first-order chi connectivity index (χ1) is 20.2. The quantitative estimate of drug-likeness (QED) is 0.273.